The van der Waals surface area contributed by atoms with Crippen molar-refractivity contribution in [2.75, 3.05) is 25.1 Å². The lowest BCUT2D eigenvalue weighted by Gasteiger charge is -2.33. The highest BCUT2D eigenvalue weighted by Gasteiger charge is 2.19. The number of rotatable bonds is 3. The Labute approximate surface area is 101 Å². The highest BCUT2D eigenvalue weighted by Crippen LogP contribution is 2.20. The topological polar surface area (TPSA) is 75.2 Å². The Hall–Kier alpha value is -1.62. The molecular weight excluding hydrogens is 216 g/mol. The second-order valence-corrected chi connectivity index (χ2v) is 4.26. The van der Waals surface area contributed by atoms with E-state index in [4.69, 9.17) is 15.9 Å². The summed E-state index contributed by atoms with van der Waals surface area (Å²) in [6.07, 6.45) is 4.32. The van der Waals surface area contributed by atoms with Gasteiger partial charge in [-0.25, -0.2) is 0 Å². The molecule has 2 rings (SSSR count). The van der Waals surface area contributed by atoms with Crippen LogP contribution >= 0.6 is 0 Å². The first-order chi connectivity index (χ1) is 8.20. The Morgan fingerprint density at radius 1 is 1.59 bits per heavy atom. The van der Waals surface area contributed by atoms with Crippen molar-refractivity contribution >= 4 is 11.5 Å². The minimum Gasteiger partial charge on any atom is -0.382 e. The van der Waals surface area contributed by atoms with E-state index in [1.165, 1.54) is 0 Å². The molecule has 0 amide bonds. The summed E-state index contributed by atoms with van der Waals surface area (Å²) in [5.74, 6) is 0.00459. The second-order valence-electron chi connectivity index (χ2n) is 4.26. The maximum atomic E-state index is 7.29. The summed E-state index contributed by atoms with van der Waals surface area (Å²) in [6, 6.07) is 3.75. The van der Waals surface area contributed by atoms with E-state index in [2.05, 4.69) is 9.88 Å². The van der Waals surface area contributed by atoms with Gasteiger partial charge in [-0.1, -0.05) is 0 Å². The Balaban J connectivity index is 2.08. The van der Waals surface area contributed by atoms with E-state index in [1.54, 1.807) is 19.4 Å². The predicted molar refractivity (Wildman–Crippen MR) is 67.5 cm³/mol. The standard InChI is InChI=1S/C12H18N4O/c1-17-10-3-2-6-16(8-10)9-4-5-11(12(13)14)15-7-9/h4-5,7,10H,2-3,6,8H2,1H3,(H3,13,14). The predicted octanol–water partition coefficient (Wildman–Crippen LogP) is 0.981. The number of hydrogen-bond donors (Lipinski definition) is 2. The van der Waals surface area contributed by atoms with E-state index in [9.17, 15) is 0 Å². The molecule has 0 radical (unpaired) electrons. The van der Waals surface area contributed by atoms with Crippen molar-refractivity contribution in [1.29, 1.82) is 5.41 Å². The van der Waals surface area contributed by atoms with Gasteiger partial charge in [0.1, 0.15) is 11.5 Å². The van der Waals surface area contributed by atoms with Crippen LogP contribution in [0, 0.1) is 5.41 Å². The Bertz CT molecular complexity index is 390. The zero-order chi connectivity index (χ0) is 12.3. The number of nitrogen functional groups attached to an aromatic ring is 1. The molecule has 0 saturated carbocycles. The minimum atomic E-state index is 0.00459. The Morgan fingerprint density at radius 3 is 3.00 bits per heavy atom. The summed E-state index contributed by atoms with van der Waals surface area (Å²) >= 11 is 0. The lowest BCUT2D eigenvalue weighted by Crippen LogP contribution is -2.39. The lowest BCUT2D eigenvalue weighted by atomic mass is 10.1. The van der Waals surface area contributed by atoms with Crippen LogP contribution in [0.4, 0.5) is 5.69 Å². The van der Waals surface area contributed by atoms with Crippen LogP contribution < -0.4 is 10.6 Å². The molecule has 0 spiro atoms. The fourth-order valence-electron chi connectivity index (χ4n) is 2.10. The molecule has 1 saturated heterocycles. The number of ether oxygens (including phenoxy) is 1. The summed E-state index contributed by atoms with van der Waals surface area (Å²) in [5.41, 5.74) is 6.96. The molecule has 5 heteroatoms. The number of pyridine rings is 1. The van der Waals surface area contributed by atoms with Crippen LogP contribution in [0.1, 0.15) is 18.5 Å². The molecule has 1 aromatic heterocycles. The van der Waals surface area contributed by atoms with Crippen molar-refractivity contribution in [3.05, 3.63) is 24.0 Å². The van der Waals surface area contributed by atoms with Gasteiger partial charge >= 0.3 is 0 Å². The molecule has 0 aliphatic carbocycles. The second kappa shape index (κ2) is 5.14. The number of nitrogens with zero attached hydrogens (tertiary/aromatic N) is 2. The van der Waals surface area contributed by atoms with Gasteiger partial charge in [-0.2, -0.15) is 0 Å². The number of piperidine rings is 1. The third-order valence-corrected chi connectivity index (χ3v) is 3.10. The maximum absolute atomic E-state index is 7.29. The summed E-state index contributed by atoms with van der Waals surface area (Å²) in [5, 5.41) is 7.29. The smallest absolute Gasteiger partial charge is 0.141 e. The summed E-state index contributed by atoms with van der Waals surface area (Å²) in [4.78, 5) is 6.43. The Morgan fingerprint density at radius 2 is 2.41 bits per heavy atom. The normalized spacial score (nSPS) is 20.3. The van der Waals surface area contributed by atoms with Gasteiger partial charge in [0.25, 0.3) is 0 Å². The quantitative estimate of drug-likeness (QED) is 0.604. The molecule has 1 atom stereocenters. The largest absolute Gasteiger partial charge is 0.382 e. The molecule has 92 valence electrons. The van der Waals surface area contributed by atoms with Crippen LogP contribution in [0.5, 0.6) is 0 Å². The monoisotopic (exact) mass is 234 g/mol. The molecule has 5 nitrogen and oxygen atoms in total. The molecule has 2 heterocycles. The first-order valence-electron chi connectivity index (χ1n) is 5.79. The molecule has 0 aromatic carbocycles. The van der Waals surface area contributed by atoms with Gasteiger partial charge in [-0.3, -0.25) is 10.4 Å². The number of methoxy groups -OCH3 is 1. The SMILES string of the molecule is COC1CCCN(c2ccc(C(=N)N)nc2)C1. The third kappa shape index (κ3) is 2.74. The van der Waals surface area contributed by atoms with Crippen LogP contribution in [0.15, 0.2) is 18.3 Å². The van der Waals surface area contributed by atoms with Gasteiger partial charge in [-0.05, 0) is 25.0 Å². The first kappa shape index (κ1) is 11.9. The maximum Gasteiger partial charge on any atom is 0.141 e. The van der Waals surface area contributed by atoms with Crippen LogP contribution in [0.25, 0.3) is 0 Å². The highest BCUT2D eigenvalue weighted by atomic mass is 16.5. The van der Waals surface area contributed by atoms with Gasteiger partial charge in [0.05, 0.1) is 18.0 Å². The zero-order valence-electron chi connectivity index (χ0n) is 10.0. The molecule has 17 heavy (non-hydrogen) atoms. The van der Waals surface area contributed by atoms with E-state index in [-0.39, 0.29) is 5.84 Å². The number of anilines is 1. The van der Waals surface area contributed by atoms with E-state index >= 15 is 0 Å². The van der Waals surface area contributed by atoms with Crippen LogP contribution in [0.3, 0.4) is 0 Å². The van der Waals surface area contributed by atoms with Gasteiger partial charge in [0, 0.05) is 20.2 Å². The molecule has 1 aromatic rings. The van der Waals surface area contributed by atoms with Gasteiger partial charge < -0.3 is 15.4 Å². The number of aromatic nitrogens is 1. The third-order valence-electron chi connectivity index (χ3n) is 3.10. The van der Waals surface area contributed by atoms with Crippen molar-refractivity contribution in [2.45, 2.75) is 18.9 Å². The average Bonchev–Trinajstić information content (AvgIpc) is 2.39. The lowest BCUT2D eigenvalue weighted by molar-refractivity contribution is 0.0893. The molecule has 1 unspecified atom stereocenters. The molecule has 1 fully saturated rings. The number of amidine groups is 1. The van der Waals surface area contributed by atoms with Crippen molar-refractivity contribution in [3.8, 4) is 0 Å². The average molecular weight is 234 g/mol. The van der Waals surface area contributed by atoms with Crippen LogP contribution in [-0.2, 0) is 4.74 Å². The fourth-order valence-corrected chi connectivity index (χ4v) is 2.10. The van der Waals surface area contributed by atoms with Crippen molar-refractivity contribution in [1.82, 2.24) is 4.98 Å². The highest BCUT2D eigenvalue weighted by molar-refractivity contribution is 5.93. The van der Waals surface area contributed by atoms with E-state index < -0.39 is 0 Å². The summed E-state index contributed by atoms with van der Waals surface area (Å²) in [7, 11) is 1.76. The van der Waals surface area contributed by atoms with Crippen molar-refractivity contribution < 1.29 is 4.74 Å². The molecule has 1 aliphatic rings. The van der Waals surface area contributed by atoms with E-state index in [0.717, 1.165) is 31.6 Å². The number of nitrogens with one attached hydrogen (secondary N) is 1. The van der Waals surface area contributed by atoms with Gasteiger partial charge in [0.15, 0.2) is 0 Å². The van der Waals surface area contributed by atoms with Gasteiger partial charge in [-0.15, -0.1) is 0 Å². The van der Waals surface area contributed by atoms with Crippen LogP contribution in [-0.4, -0.2) is 37.1 Å². The van der Waals surface area contributed by atoms with Crippen molar-refractivity contribution in [2.24, 2.45) is 5.73 Å². The Kier molecular flexibility index (Phi) is 3.58. The molecule has 3 N–H and O–H groups in total. The van der Waals surface area contributed by atoms with Gasteiger partial charge in [0.2, 0.25) is 0 Å². The summed E-state index contributed by atoms with van der Waals surface area (Å²) < 4.78 is 5.39. The number of hydrogen-bond acceptors (Lipinski definition) is 4. The van der Waals surface area contributed by atoms with E-state index in [1.807, 2.05) is 6.07 Å². The minimum absolute atomic E-state index is 0.00459. The first-order valence-corrected chi connectivity index (χ1v) is 5.79. The zero-order valence-corrected chi connectivity index (χ0v) is 10.0. The summed E-state index contributed by atoms with van der Waals surface area (Å²) in [6.45, 7) is 1.93. The fraction of sp³-hybridized carbons (Fsp3) is 0.500. The molecule has 0 bridgehead atoms. The van der Waals surface area contributed by atoms with Crippen molar-refractivity contribution in [3.63, 3.8) is 0 Å². The van der Waals surface area contributed by atoms with E-state index in [0.29, 0.717) is 11.8 Å². The number of nitrogens with two attached hydrogens (primary N) is 1. The molecular formula is C12H18N4O. The van der Waals surface area contributed by atoms with Crippen LogP contribution in [0.2, 0.25) is 0 Å². The molecule has 1 aliphatic heterocycles.